The van der Waals surface area contributed by atoms with E-state index in [4.69, 9.17) is 4.74 Å². The van der Waals surface area contributed by atoms with E-state index < -0.39 is 0 Å². The maximum absolute atomic E-state index is 12.3. The van der Waals surface area contributed by atoms with Crippen LogP contribution >= 0.6 is 0 Å². The summed E-state index contributed by atoms with van der Waals surface area (Å²) < 4.78 is 5.41. The van der Waals surface area contributed by atoms with Crippen molar-refractivity contribution >= 4 is 5.91 Å². The lowest BCUT2D eigenvalue weighted by molar-refractivity contribution is -0.141. The first-order chi connectivity index (χ1) is 8.31. The third-order valence-corrected chi connectivity index (χ3v) is 3.83. The van der Waals surface area contributed by atoms with Gasteiger partial charge in [0.2, 0.25) is 5.91 Å². The standard InChI is InChI=1S/C13H24N2O2/c1-14-8-11-4-2-6-15(9-11)13(16)12-5-3-7-17-10-12/h11-12,14H,2-10H2,1H3. The van der Waals surface area contributed by atoms with Gasteiger partial charge in [-0.1, -0.05) is 0 Å². The van der Waals surface area contributed by atoms with E-state index in [0.717, 1.165) is 45.5 Å². The van der Waals surface area contributed by atoms with Crippen LogP contribution in [-0.2, 0) is 9.53 Å². The van der Waals surface area contributed by atoms with Crippen molar-refractivity contribution in [2.45, 2.75) is 25.7 Å². The lowest BCUT2D eigenvalue weighted by Gasteiger charge is -2.35. The molecule has 2 atom stereocenters. The molecule has 0 aromatic heterocycles. The molecule has 4 nitrogen and oxygen atoms in total. The second-order valence-corrected chi connectivity index (χ2v) is 5.26. The van der Waals surface area contributed by atoms with Gasteiger partial charge in [0.1, 0.15) is 0 Å². The van der Waals surface area contributed by atoms with Crippen molar-refractivity contribution in [3.8, 4) is 0 Å². The fraction of sp³-hybridized carbons (Fsp3) is 0.923. The van der Waals surface area contributed by atoms with Gasteiger partial charge < -0.3 is 15.0 Å². The molecule has 2 unspecified atom stereocenters. The quantitative estimate of drug-likeness (QED) is 0.796. The van der Waals surface area contributed by atoms with Gasteiger partial charge in [-0.3, -0.25) is 4.79 Å². The maximum atomic E-state index is 12.3. The van der Waals surface area contributed by atoms with Gasteiger partial charge in [-0.05, 0) is 45.2 Å². The third kappa shape index (κ3) is 3.42. The molecule has 2 heterocycles. The number of nitrogens with zero attached hydrogens (tertiary/aromatic N) is 1. The summed E-state index contributed by atoms with van der Waals surface area (Å²) >= 11 is 0. The molecular weight excluding hydrogens is 216 g/mol. The zero-order valence-electron chi connectivity index (χ0n) is 10.8. The summed E-state index contributed by atoms with van der Waals surface area (Å²) in [4.78, 5) is 14.4. The molecule has 0 radical (unpaired) electrons. The smallest absolute Gasteiger partial charge is 0.228 e. The highest BCUT2D eigenvalue weighted by molar-refractivity contribution is 5.79. The van der Waals surface area contributed by atoms with E-state index in [1.165, 1.54) is 6.42 Å². The molecule has 2 fully saturated rings. The predicted octanol–water partition coefficient (Wildman–Crippen LogP) is 0.871. The molecule has 4 heteroatoms. The Labute approximate surface area is 104 Å². The number of likely N-dealkylation sites (tertiary alicyclic amines) is 1. The van der Waals surface area contributed by atoms with E-state index in [9.17, 15) is 4.79 Å². The minimum atomic E-state index is 0.122. The van der Waals surface area contributed by atoms with Crippen molar-refractivity contribution < 1.29 is 9.53 Å². The van der Waals surface area contributed by atoms with E-state index in [1.807, 2.05) is 7.05 Å². The number of hydrogen-bond acceptors (Lipinski definition) is 3. The molecule has 1 amide bonds. The van der Waals surface area contributed by atoms with Crippen LogP contribution in [0.1, 0.15) is 25.7 Å². The molecular formula is C13H24N2O2. The fourth-order valence-electron chi connectivity index (χ4n) is 2.91. The van der Waals surface area contributed by atoms with Gasteiger partial charge >= 0.3 is 0 Å². The van der Waals surface area contributed by atoms with Gasteiger partial charge in [-0.25, -0.2) is 0 Å². The van der Waals surface area contributed by atoms with E-state index >= 15 is 0 Å². The van der Waals surface area contributed by atoms with Gasteiger partial charge in [0.15, 0.2) is 0 Å². The molecule has 0 bridgehead atoms. The Bertz CT molecular complexity index is 250. The molecule has 0 aliphatic carbocycles. The van der Waals surface area contributed by atoms with Gasteiger partial charge in [0.25, 0.3) is 0 Å². The van der Waals surface area contributed by atoms with Crippen molar-refractivity contribution in [3.63, 3.8) is 0 Å². The Hall–Kier alpha value is -0.610. The zero-order valence-corrected chi connectivity index (χ0v) is 10.8. The summed E-state index contributed by atoms with van der Waals surface area (Å²) in [7, 11) is 1.98. The van der Waals surface area contributed by atoms with E-state index in [-0.39, 0.29) is 5.92 Å². The minimum Gasteiger partial charge on any atom is -0.381 e. The van der Waals surface area contributed by atoms with Crippen LogP contribution in [0, 0.1) is 11.8 Å². The third-order valence-electron chi connectivity index (χ3n) is 3.83. The van der Waals surface area contributed by atoms with Crippen LogP contribution in [0.5, 0.6) is 0 Å². The summed E-state index contributed by atoms with van der Waals surface area (Å²) in [5.41, 5.74) is 0. The van der Waals surface area contributed by atoms with Crippen LogP contribution in [-0.4, -0.2) is 50.7 Å². The number of ether oxygens (including phenoxy) is 1. The number of carbonyl (C=O) groups is 1. The van der Waals surface area contributed by atoms with Crippen LogP contribution in [0.4, 0.5) is 0 Å². The van der Waals surface area contributed by atoms with Crippen LogP contribution in [0.2, 0.25) is 0 Å². The van der Waals surface area contributed by atoms with Crippen LogP contribution < -0.4 is 5.32 Å². The fourth-order valence-corrected chi connectivity index (χ4v) is 2.91. The van der Waals surface area contributed by atoms with Crippen LogP contribution in [0.3, 0.4) is 0 Å². The van der Waals surface area contributed by atoms with E-state index in [1.54, 1.807) is 0 Å². The Morgan fingerprint density at radius 1 is 1.41 bits per heavy atom. The van der Waals surface area contributed by atoms with Crippen molar-refractivity contribution in [2.75, 3.05) is 39.9 Å². The Morgan fingerprint density at radius 2 is 2.29 bits per heavy atom. The average molecular weight is 240 g/mol. The van der Waals surface area contributed by atoms with Crippen LogP contribution in [0.25, 0.3) is 0 Å². The van der Waals surface area contributed by atoms with Gasteiger partial charge in [-0.2, -0.15) is 0 Å². The first kappa shape index (κ1) is 12.8. The highest BCUT2D eigenvalue weighted by atomic mass is 16.5. The number of nitrogens with one attached hydrogen (secondary N) is 1. The lowest BCUT2D eigenvalue weighted by atomic mass is 9.95. The number of rotatable bonds is 3. The number of hydrogen-bond donors (Lipinski definition) is 1. The maximum Gasteiger partial charge on any atom is 0.228 e. The Balaban J connectivity index is 1.85. The second kappa shape index (κ2) is 6.36. The summed E-state index contributed by atoms with van der Waals surface area (Å²) in [6, 6.07) is 0. The van der Waals surface area contributed by atoms with Crippen LogP contribution in [0.15, 0.2) is 0 Å². The summed E-state index contributed by atoms with van der Waals surface area (Å²) in [5.74, 6) is 1.07. The monoisotopic (exact) mass is 240 g/mol. The van der Waals surface area contributed by atoms with Gasteiger partial charge in [0.05, 0.1) is 12.5 Å². The zero-order chi connectivity index (χ0) is 12.1. The molecule has 2 saturated heterocycles. The molecule has 98 valence electrons. The summed E-state index contributed by atoms with van der Waals surface area (Å²) in [5, 5.41) is 3.21. The lowest BCUT2D eigenvalue weighted by Crippen LogP contribution is -2.46. The number of amides is 1. The normalized spacial score (nSPS) is 30.3. The Kier molecular flexibility index (Phi) is 4.80. The first-order valence-electron chi connectivity index (χ1n) is 6.82. The molecule has 0 spiro atoms. The molecule has 1 N–H and O–H groups in total. The SMILES string of the molecule is CNCC1CCCN(C(=O)C2CCCOC2)C1. The average Bonchev–Trinajstić information content (AvgIpc) is 2.40. The number of carbonyl (C=O) groups excluding carboxylic acids is 1. The molecule has 2 aliphatic heterocycles. The molecule has 0 aromatic rings. The molecule has 0 aromatic carbocycles. The van der Waals surface area contributed by atoms with Crippen molar-refractivity contribution in [1.29, 1.82) is 0 Å². The first-order valence-corrected chi connectivity index (χ1v) is 6.82. The topological polar surface area (TPSA) is 41.6 Å². The molecule has 2 aliphatic rings. The second-order valence-electron chi connectivity index (χ2n) is 5.26. The van der Waals surface area contributed by atoms with Crippen molar-refractivity contribution in [3.05, 3.63) is 0 Å². The largest absolute Gasteiger partial charge is 0.381 e. The van der Waals surface area contributed by atoms with Gasteiger partial charge in [0, 0.05) is 19.7 Å². The number of piperidine rings is 1. The van der Waals surface area contributed by atoms with Crippen molar-refractivity contribution in [1.82, 2.24) is 10.2 Å². The van der Waals surface area contributed by atoms with E-state index in [2.05, 4.69) is 10.2 Å². The Morgan fingerprint density at radius 3 is 3.00 bits per heavy atom. The molecule has 17 heavy (non-hydrogen) atoms. The summed E-state index contributed by atoms with van der Waals surface area (Å²) in [6.45, 7) is 4.34. The molecule has 0 saturated carbocycles. The molecule has 2 rings (SSSR count). The summed E-state index contributed by atoms with van der Waals surface area (Å²) in [6.07, 6.45) is 4.42. The van der Waals surface area contributed by atoms with E-state index in [0.29, 0.717) is 18.4 Å². The van der Waals surface area contributed by atoms with Crippen molar-refractivity contribution in [2.24, 2.45) is 11.8 Å². The highest BCUT2D eigenvalue weighted by Gasteiger charge is 2.29. The highest BCUT2D eigenvalue weighted by Crippen LogP contribution is 2.21. The minimum absolute atomic E-state index is 0.122. The predicted molar refractivity (Wildman–Crippen MR) is 66.8 cm³/mol. The van der Waals surface area contributed by atoms with Gasteiger partial charge in [-0.15, -0.1) is 0 Å².